The molecule has 21 heavy (non-hydrogen) atoms. The van der Waals surface area contributed by atoms with Gasteiger partial charge in [-0.3, -0.25) is 0 Å². The molecule has 1 aromatic rings. The molecule has 0 fully saturated rings. The Balaban J connectivity index is 3.24. The van der Waals surface area contributed by atoms with Crippen LogP contribution < -0.4 is 5.73 Å². The number of nitrogen functional groups attached to an aromatic ring is 1. The molecule has 0 saturated carbocycles. The highest BCUT2D eigenvalue weighted by Crippen LogP contribution is 2.26. The van der Waals surface area contributed by atoms with Gasteiger partial charge in [0.05, 0.1) is 12.3 Å². The second-order valence-electron chi connectivity index (χ2n) is 5.72. The summed E-state index contributed by atoms with van der Waals surface area (Å²) in [5.74, 6) is 0.226. The predicted molar refractivity (Wildman–Crippen MR) is 85.8 cm³/mol. The lowest BCUT2D eigenvalue weighted by Crippen LogP contribution is -2.37. The van der Waals surface area contributed by atoms with E-state index in [1.807, 2.05) is 27.7 Å². The van der Waals surface area contributed by atoms with Crippen LogP contribution in [0.4, 0.5) is 5.69 Å². The summed E-state index contributed by atoms with van der Waals surface area (Å²) in [5.41, 5.74) is 8.13. The zero-order chi connectivity index (χ0) is 16.2. The van der Waals surface area contributed by atoms with Crippen LogP contribution in [-0.2, 0) is 14.8 Å². The number of nitrogens with two attached hydrogens (primary N) is 1. The van der Waals surface area contributed by atoms with Crippen LogP contribution in [0.5, 0.6) is 0 Å². The van der Waals surface area contributed by atoms with Gasteiger partial charge in [0.2, 0.25) is 10.0 Å². The number of ether oxygens (including phenoxy) is 1. The Morgan fingerprint density at radius 2 is 1.81 bits per heavy atom. The fourth-order valence-electron chi connectivity index (χ4n) is 2.08. The van der Waals surface area contributed by atoms with Crippen LogP contribution in [0.3, 0.4) is 0 Å². The Bertz CT molecular complexity index is 583. The molecule has 0 radical (unpaired) electrons. The second-order valence-corrected chi connectivity index (χ2v) is 7.63. The van der Waals surface area contributed by atoms with E-state index in [9.17, 15) is 8.42 Å². The Hall–Kier alpha value is -1.11. The molecule has 1 aromatic carbocycles. The number of benzene rings is 1. The molecule has 0 aromatic heterocycles. The van der Waals surface area contributed by atoms with Crippen LogP contribution in [0, 0.1) is 19.8 Å². The molecule has 0 aliphatic carbocycles. The van der Waals surface area contributed by atoms with E-state index < -0.39 is 10.0 Å². The van der Waals surface area contributed by atoms with Crippen LogP contribution in [-0.4, -0.2) is 39.5 Å². The van der Waals surface area contributed by atoms with E-state index in [-0.39, 0.29) is 10.8 Å². The number of rotatable bonds is 7. The van der Waals surface area contributed by atoms with Crippen LogP contribution >= 0.6 is 0 Å². The smallest absolute Gasteiger partial charge is 0.245 e. The highest BCUT2D eigenvalue weighted by atomic mass is 32.2. The maximum absolute atomic E-state index is 12.8. The molecule has 0 aliphatic heterocycles. The maximum Gasteiger partial charge on any atom is 0.245 e. The third kappa shape index (κ3) is 4.43. The number of methoxy groups -OCH3 is 1. The second kappa shape index (κ2) is 7.24. The minimum atomic E-state index is -3.61. The fourth-order valence-corrected chi connectivity index (χ4v) is 3.85. The molecule has 0 atom stereocenters. The SMILES string of the molecule is COCCN(CC(C)C)S(=O)(=O)c1cc(C)c(C)cc1N. The molecule has 120 valence electrons. The van der Waals surface area contributed by atoms with Gasteiger partial charge in [0.15, 0.2) is 0 Å². The summed E-state index contributed by atoms with van der Waals surface area (Å²) in [4.78, 5) is 0.183. The Morgan fingerprint density at radius 1 is 1.24 bits per heavy atom. The molecule has 0 aliphatic rings. The van der Waals surface area contributed by atoms with E-state index >= 15 is 0 Å². The van der Waals surface area contributed by atoms with E-state index in [4.69, 9.17) is 10.5 Å². The summed E-state index contributed by atoms with van der Waals surface area (Å²) in [7, 11) is -2.05. The van der Waals surface area contributed by atoms with Gasteiger partial charge in [-0.15, -0.1) is 0 Å². The van der Waals surface area contributed by atoms with Gasteiger partial charge < -0.3 is 10.5 Å². The lowest BCUT2D eigenvalue weighted by molar-refractivity contribution is 0.175. The van der Waals surface area contributed by atoms with Gasteiger partial charge in [-0.05, 0) is 43.0 Å². The predicted octanol–water partition coefficient (Wildman–Crippen LogP) is 2.18. The first kappa shape index (κ1) is 17.9. The van der Waals surface area contributed by atoms with E-state index in [1.54, 1.807) is 19.2 Å². The minimum Gasteiger partial charge on any atom is -0.398 e. The molecule has 0 bridgehead atoms. The molecule has 0 heterocycles. The first-order valence-electron chi connectivity index (χ1n) is 7.06. The first-order valence-corrected chi connectivity index (χ1v) is 8.50. The molecule has 0 amide bonds. The standard InChI is InChI=1S/C15H26N2O3S/c1-11(2)10-17(6-7-20-5)21(18,19)15-9-13(4)12(3)8-14(15)16/h8-9,11H,6-7,10,16H2,1-5H3. The largest absolute Gasteiger partial charge is 0.398 e. The lowest BCUT2D eigenvalue weighted by Gasteiger charge is -2.24. The van der Waals surface area contributed by atoms with Gasteiger partial charge in [-0.25, -0.2) is 8.42 Å². The number of nitrogens with zero attached hydrogens (tertiary/aromatic N) is 1. The van der Waals surface area contributed by atoms with Crippen molar-refractivity contribution >= 4 is 15.7 Å². The van der Waals surface area contributed by atoms with Crippen molar-refractivity contribution in [2.75, 3.05) is 32.5 Å². The summed E-state index contributed by atoms with van der Waals surface area (Å²) >= 11 is 0. The van der Waals surface area contributed by atoms with E-state index in [1.165, 1.54) is 4.31 Å². The van der Waals surface area contributed by atoms with Gasteiger partial charge in [0.25, 0.3) is 0 Å². The monoisotopic (exact) mass is 314 g/mol. The number of sulfonamides is 1. The summed E-state index contributed by atoms with van der Waals surface area (Å²) < 4.78 is 32.2. The highest BCUT2D eigenvalue weighted by molar-refractivity contribution is 7.89. The van der Waals surface area contributed by atoms with Crippen molar-refractivity contribution in [2.45, 2.75) is 32.6 Å². The highest BCUT2D eigenvalue weighted by Gasteiger charge is 2.27. The molecule has 0 spiro atoms. The van der Waals surface area contributed by atoms with Crippen molar-refractivity contribution in [1.82, 2.24) is 4.31 Å². The average Bonchev–Trinajstić information content (AvgIpc) is 2.38. The topological polar surface area (TPSA) is 72.6 Å². The lowest BCUT2D eigenvalue weighted by atomic mass is 10.1. The molecular weight excluding hydrogens is 288 g/mol. The van der Waals surface area contributed by atoms with Crippen molar-refractivity contribution in [3.05, 3.63) is 23.3 Å². The zero-order valence-corrected chi connectivity index (χ0v) is 14.3. The normalized spacial score (nSPS) is 12.3. The van der Waals surface area contributed by atoms with Crippen molar-refractivity contribution in [3.63, 3.8) is 0 Å². The van der Waals surface area contributed by atoms with E-state index in [0.717, 1.165) is 11.1 Å². The average molecular weight is 314 g/mol. The van der Waals surface area contributed by atoms with Gasteiger partial charge in [-0.2, -0.15) is 4.31 Å². The zero-order valence-electron chi connectivity index (χ0n) is 13.5. The van der Waals surface area contributed by atoms with Crippen LogP contribution in [0.15, 0.2) is 17.0 Å². The van der Waals surface area contributed by atoms with E-state index in [0.29, 0.717) is 25.4 Å². The molecular formula is C15H26N2O3S. The van der Waals surface area contributed by atoms with E-state index in [2.05, 4.69) is 0 Å². The van der Waals surface area contributed by atoms with Gasteiger partial charge in [-0.1, -0.05) is 13.8 Å². The van der Waals surface area contributed by atoms with Crippen LogP contribution in [0.2, 0.25) is 0 Å². The molecule has 0 unspecified atom stereocenters. The number of hydrogen-bond donors (Lipinski definition) is 1. The Labute approximate surface area is 128 Å². The summed E-state index contributed by atoms with van der Waals surface area (Å²) in [5, 5.41) is 0. The number of anilines is 1. The maximum atomic E-state index is 12.8. The summed E-state index contributed by atoms with van der Waals surface area (Å²) in [6.45, 7) is 8.89. The third-order valence-electron chi connectivity index (χ3n) is 3.36. The first-order chi connectivity index (χ1) is 9.70. The van der Waals surface area contributed by atoms with Gasteiger partial charge in [0, 0.05) is 20.2 Å². The molecule has 5 nitrogen and oxygen atoms in total. The fraction of sp³-hybridized carbons (Fsp3) is 0.600. The minimum absolute atomic E-state index is 0.183. The molecule has 2 N–H and O–H groups in total. The van der Waals surface area contributed by atoms with Crippen molar-refractivity contribution in [3.8, 4) is 0 Å². The third-order valence-corrected chi connectivity index (χ3v) is 5.28. The molecule has 6 heteroatoms. The van der Waals surface area contributed by atoms with Crippen LogP contribution in [0.1, 0.15) is 25.0 Å². The Morgan fingerprint density at radius 3 is 2.33 bits per heavy atom. The van der Waals surface area contributed by atoms with Crippen molar-refractivity contribution in [2.24, 2.45) is 5.92 Å². The van der Waals surface area contributed by atoms with Gasteiger partial charge in [0.1, 0.15) is 4.90 Å². The molecule has 0 saturated heterocycles. The Kier molecular flexibility index (Phi) is 6.19. The van der Waals surface area contributed by atoms with Crippen molar-refractivity contribution in [1.29, 1.82) is 0 Å². The van der Waals surface area contributed by atoms with Gasteiger partial charge >= 0.3 is 0 Å². The summed E-state index contributed by atoms with van der Waals surface area (Å²) in [6.07, 6.45) is 0. The van der Waals surface area contributed by atoms with Crippen LogP contribution in [0.25, 0.3) is 0 Å². The van der Waals surface area contributed by atoms with Crippen molar-refractivity contribution < 1.29 is 13.2 Å². The quantitative estimate of drug-likeness (QED) is 0.783. The summed E-state index contributed by atoms with van der Waals surface area (Å²) in [6, 6.07) is 3.37. The number of aryl methyl sites for hydroxylation is 2. The number of hydrogen-bond acceptors (Lipinski definition) is 4. The molecule has 1 rings (SSSR count).